The third kappa shape index (κ3) is 11.3. The van der Waals surface area contributed by atoms with Gasteiger partial charge in [-0.3, -0.25) is 0 Å². The lowest BCUT2D eigenvalue weighted by atomic mass is 10.2. The van der Waals surface area contributed by atoms with E-state index in [1.807, 2.05) is 0 Å². The molecule has 0 aliphatic heterocycles. The minimum absolute atomic E-state index is 0.171. The van der Waals surface area contributed by atoms with Gasteiger partial charge in [0.05, 0.1) is 13.2 Å². The summed E-state index contributed by atoms with van der Waals surface area (Å²) in [6.45, 7) is 6.92. The van der Waals surface area contributed by atoms with Crippen molar-refractivity contribution in [2.24, 2.45) is 5.73 Å². The lowest BCUT2D eigenvalue weighted by molar-refractivity contribution is -0.239. The van der Waals surface area contributed by atoms with Crippen LogP contribution in [-0.4, -0.2) is 50.5 Å². The molecule has 0 aliphatic rings. The lowest BCUT2D eigenvalue weighted by Crippen LogP contribution is -2.40. The Kier molecular flexibility index (Phi) is 12.7. The molecule has 1 atom stereocenters. The average Bonchev–Trinajstić information content (AvgIpc) is 2.41. The molecule has 5 heteroatoms. The van der Waals surface area contributed by atoms with Gasteiger partial charge in [-0.25, -0.2) is 0 Å². The van der Waals surface area contributed by atoms with E-state index in [0.29, 0.717) is 32.8 Å². The van der Waals surface area contributed by atoms with Crippen molar-refractivity contribution in [3.05, 3.63) is 0 Å². The van der Waals surface area contributed by atoms with Gasteiger partial charge in [0, 0.05) is 26.2 Å². The molecule has 0 radical (unpaired) electrons. The van der Waals surface area contributed by atoms with Crippen LogP contribution in [0.15, 0.2) is 0 Å². The Balaban J connectivity index is 3.88. The maximum absolute atomic E-state index is 10.3. The van der Waals surface area contributed by atoms with Gasteiger partial charge in [0.2, 0.25) is 0 Å². The standard InChI is InChI=1S/C14H31NO4/c1-3-5-9-17-11-7-14(16,19-12-8-15)13-18-10-6-4-2/h16H,3-13,15H2,1-2H3. The van der Waals surface area contributed by atoms with Gasteiger partial charge < -0.3 is 25.1 Å². The SMILES string of the molecule is CCCCOCCC(O)(COCCCC)OCCN. The molecule has 0 amide bonds. The fraction of sp³-hybridized carbons (Fsp3) is 1.00. The maximum atomic E-state index is 10.3. The highest BCUT2D eigenvalue weighted by atomic mass is 16.6. The first-order chi connectivity index (χ1) is 9.18. The molecule has 0 spiro atoms. The molecular weight excluding hydrogens is 246 g/mol. The summed E-state index contributed by atoms with van der Waals surface area (Å²) in [4.78, 5) is 0. The van der Waals surface area contributed by atoms with Crippen molar-refractivity contribution >= 4 is 0 Å². The summed E-state index contributed by atoms with van der Waals surface area (Å²) in [7, 11) is 0. The highest BCUT2D eigenvalue weighted by Gasteiger charge is 2.27. The minimum Gasteiger partial charge on any atom is -0.381 e. The van der Waals surface area contributed by atoms with Gasteiger partial charge in [0.15, 0.2) is 5.79 Å². The van der Waals surface area contributed by atoms with Crippen molar-refractivity contribution in [1.29, 1.82) is 0 Å². The smallest absolute Gasteiger partial charge is 0.191 e. The fourth-order valence-corrected chi connectivity index (χ4v) is 1.49. The largest absolute Gasteiger partial charge is 0.381 e. The van der Waals surface area contributed by atoms with Crippen LogP contribution < -0.4 is 5.73 Å². The summed E-state index contributed by atoms with van der Waals surface area (Å²) in [6.07, 6.45) is 4.61. The summed E-state index contributed by atoms with van der Waals surface area (Å²) in [5.74, 6) is -1.28. The van der Waals surface area contributed by atoms with Crippen molar-refractivity contribution in [2.45, 2.75) is 51.7 Å². The number of nitrogens with two attached hydrogens (primary N) is 1. The van der Waals surface area contributed by atoms with Crippen molar-refractivity contribution in [2.75, 3.05) is 39.6 Å². The van der Waals surface area contributed by atoms with Crippen molar-refractivity contribution < 1.29 is 19.3 Å². The molecule has 0 aromatic carbocycles. The van der Waals surface area contributed by atoms with E-state index in [0.717, 1.165) is 32.3 Å². The summed E-state index contributed by atoms with van der Waals surface area (Å²) in [5.41, 5.74) is 5.40. The number of hydrogen-bond donors (Lipinski definition) is 2. The number of ether oxygens (including phenoxy) is 3. The van der Waals surface area contributed by atoms with Gasteiger partial charge >= 0.3 is 0 Å². The van der Waals surface area contributed by atoms with Crippen LogP contribution in [0.25, 0.3) is 0 Å². The second kappa shape index (κ2) is 12.8. The second-order valence-corrected chi connectivity index (χ2v) is 4.71. The van der Waals surface area contributed by atoms with Crippen molar-refractivity contribution in [3.8, 4) is 0 Å². The van der Waals surface area contributed by atoms with Gasteiger partial charge in [-0.05, 0) is 12.8 Å². The molecule has 0 heterocycles. The highest BCUT2D eigenvalue weighted by molar-refractivity contribution is 4.67. The Morgan fingerprint density at radius 2 is 1.58 bits per heavy atom. The highest BCUT2D eigenvalue weighted by Crippen LogP contribution is 2.14. The predicted octanol–water partition coefficient (Wildman–Crippen LogP) is 1.67. The van der Waals surface area contributed by atoms with Gasteiger partial charge in [-0.1, -0.05) is 26.7 Å². The number of hydrogen-bond acceptors (Lipinski definition) is 5. The summed E-state index contributed by atoms with van der Waals surface area (Å²) >= 11 is 0. The van der Waals surface area contributed by atoms with E-state index in [4.69, 9.17) is 19.9 Å². The first-order valence-corrected chi connectivity index (χ1v) is 7.40. The molecule has 5 nitrogen and oxygen atoms in total. The number of rotatable bonds is 14. The van der Waals surface area contributed by atoms with E-state index in [2.05, 4.69) is 13.8 Å². The quantitative estimate of drug-likeness (QED) is 0.373. The van der Waals surface area contributed by atoms with E-state index >= 15 is 0 Å². The molecule has 0 bridgehead atoms. The van der Waals surface area contributed by atoms with Crippen LogP contribution in [0.2, 0.25) is 0 Å². The molecular formula is C14H31NO4. The molecule has 0 aromatic rings. The molecule has 116 valence electrons. The zero-order valence-corrected chi connectivity index (χ0v) is 12.5. The molecule has 0 aliphatic carbocycles. The fourth-order valence-electron chi connectivity index (χ4n) is 1.49. The summed E-state index contributed by atoms with van der Waals surface area (Å²) in [6, 6.07) is 0. The normalized spacial score (nSPS) is 14.5. The van der Waals surface area contributed by atoms with E-state index < -0.39 is 5.79 Å². The third-order valence-electron chi connectivity index (χ3n) is 2.74. The molecule has 0 fully saturated rings. The van der Waals surface area contributed by atoms with Gasteiger partial charge in [0.1, 0.15) is 6.61 Å². The zero-order valence-electron chi connectivity index (χ0n) is 12.5. The topological polar surface area (TPSA) is 73.9 Å². The van der Waals surface area contributed by atoms with E-state index in [1.165, 1.54) is 0 Å². The number of aliphatic hydroxyl groups is 1. The van der Waals surface area contributed by atoms with Crippen LogP contribution in [-0.2, 0) is 14.2 Å². The third-order valence-corrected chi connectivity index (χ3v) is 2.74. The molecule has 0 aromatic heterocycles. The van der Waals surface area contributed by atoms with Gasteiger partial charge in [-0.2, -0.15) is 0 Å². The van der Waals surface area contributed by atoms with Crippen LogP contribution >= 0.6 is 0 Å². The van der Waals surface area contributed by atoms with Gasteiger partial charge in [0.25, 0.3) is 0 Å². The molecule has 0 saturated carbocycles. The van der Waals surface area contributed by atoms with Crippen LogP contribution in [0, 0.1) is 0 Å². The van der Waals surface area contributed by atoms with Crippen LogP contribution in [0.4, 0.5) is 0 Å². The molecule has 1 unspecified atom stereocenters. The monoisotopic (exact) mass is 277 g/mol. The first-order valence-electron chi connectivity index (χ1n) is 7.40. The molecule has 0 rings (SSSR count). The zero-order chi connectivity index (χ0) is 14.4. The lowest BCUT2D eigenvalue weighted by Gasteiger charge is -2.28. The Bertz CT molecular complexity index is 192. The predicted molar refractivity (Wildman–Crippen MR) is 76.0 cm³/mol. The van der Waals surface area contributed by atoms with E-state index in [9.17, 15) is 5.11 Å². The van der Waals surface area contributed by atoms with Crippen molar-refractivity contribution in [1.82, 2.24) is 0 Å². The van der Waals surface area contributed by atoms with E-state index in [-0.39, 0.29) is 6.61 Å². The van der Waals surface area contributed by atoms with Gasteiger partial charge in [-0.15, -0.1) is 0 Å². The Morgan fingerprint density at radius 3 is 2.16 bits per heavy atom. The Labute approximate surface area is 117 Å². The van der Waals surface area contributed by atoms with Crippen LogP contribution in [0.5, 0.6) is 0 Å². The number of unbranched alkanes of at least 4 members (excludes halogenated alkanes) is 2. The molecule has 0 saturated heterocycles. The van der Waals surface area contributed by atoms with Crippen LogP contribution in [0.3, 0.4) is 0 Å². The molecule has 3 N–H and O–H groups in total. The van der Waals surface area contributed by atoms with E-state index in [1.54, 1.807) is 0 Å². The average molecular weight is 277 g/mol. The maximum Gasteiger partial charge on any atom is 0.191 e. The summed E-state index contributed by atoms with van der Waals surface area (Å²) in [5, 5.41) is 10.3. The Morgan fingerprint density at radius 1 is 0.947 bits per heavy atom. The second-order valence-electron chi connectivity index (χ2n) is 4.71. The molecule has 19 heavy (non-hydrogen) atoms. The van der Waals surface area contributed by atoms with Crippen molar-refractivity contribution in [3.63, 3.8) is 0 Å². The Hall–Kier alpha value is -0.200. The first kappa shape index (κ1) is 18.8. The minimum atomic E-state index is -1.28. The summed E-state index contributed by atoms with van der Waals surface area (Å²) < 4.78 is 16.3. The van der Waals surface area contributed by atoms with Crippen LogP contribution in [0.1, 0.15) is 46.0 Å².